The van der Waals surface area contributed by atoms with E-state index in [1.807, 2.05) is 0 Å². The Morgan fingerprint density at radius 1 is 1.19 bits per heavy atom. The zero-order chi connectivity index (χ0) is 13.9. The summed E-state index contributed by atoms with van der Waals surface area (Å²) >= 11 is 0. The summed E-state index contributed by atoms with van der Waals surface area (Å²) in [6.45, 7) is 0.891. The highest BCUT2D eigenvalue weighted by atomic mass is 35.5. The highest BCUT2D eigenvalue weighted by molar-refractivity contribution is 5.98. The molecule has 1 aliphatic carbocycles. The number of nitrogens with one attached hydrogen (secondary N) is 3. The second kappa shape index (κ2) is 6.91. The number of amides is 2. The van der Waals surface area contributed by atoms with Crippen molar-refractivity contribution in [3.63, 3.8) is 0 Å². The van der Waals surface area contributed by atoms with Gasteiger partial charge in [-0.1, -0.05) is 6.07 Å². The fourth-order valence-electron chi connectivity index (χ4n) is 2.37. The zero-order valence-corrected chi connectivity index (χ0v) is 12.5. The maximum Gasteiger partial charge on any atom is 0.251 e. The summed E-state index contributed by atoms with van der Waals surface area (Å²) in [6.07, 6.45) is 4.03. The van der Waals surface area contributed by atoms with Gasteiger partial charge in [0.25, 0.3) is 5.91 Å². The van der Waals surface area contributed by atoms with E-state index in [1.165, 1.54) is 0 Å². The predicted molar refractivity (Wildman–Crippen MR) is 83.8 cm³/mol. The molecule has 1 saturated heterocycles. The molecule has 2 fully saturated rings. The van der Waals surface area contributed by atoms with Gasteiger partial charge in [-0.15, -0.1) is 12.4 Å². The molecule has 1 aromatic carbocycles. The highest BCUT2D eigenvalue weighted by Crippen LogP contribution is 2.20. The second-order valence-corrected chi connectivity index (χ2v) is 5.47. The van der Waals surface area contributed by atoms with Crippen molar-refractivity contribution in [3.8, 4) is 0 Å². The van der Waals surface area contributed by atoms with Crippen LogP contribution < -0.4 is 16.0 Å². The summed E-state index contributed by atoms with van der Waals surface area (Å²) in [5, 5.41) is 8.97. The third kappa shape index (κ3) is 4.19. The molecule has 3 N–H and O–H groups in total. The number of hydrogen-bond acceptors (Lipinski definition) is 3. The molecule has 6 heteroatoms. The van der Waals surface area contributed by atoms with Crippen LogP contribution in [0.1, 0.15) is 36.0 Å². The van der Waals surface area contributed by atoms with Gasteiger partial charge in [-0.25, -0.2) is 0 Å². The summed E-state index contributed by atoms with van der Waals surface area (Å²) < 4.78 is 0. The molecule has 1 aliphatic heterocycles. The van der Waals surface area contributed by atoms with Crippen molar-refractivity contribution in [2.45, 2.75) is 37.8 Å². The molecule has 1 atom stereocenters. The molecular weight excluding hydrogens is 290 g/mol. The summed E-state index contributed by atoms with van der Waals surface area (Å²) in [7, 11) is 0. The molecule has 0 spiro atoms. The lowest BCUT2D eigenvalue weighted by Crippen LogP contribution is -2.35. The molecule has 1 heterocycles. The van der Waals surface area contributed by atoms with Crippen LogP contribution in [0.4, 0.5) is 5.69 Å². The number of anilines is 1. The van der Waals surface area contributed by atoms with Crippen LogP contribution in [0.15, 0.2) is 24.3 Å². The van der Waals surface area contributed by atoms with Gasteiger partial charge in [0, 0.05) is 17.3 Å². The Labute approximate surface area is 130 Å². The average molecular weight is 310 g/mol. The number of halogens is 1. The third-order valence-corrected chi connectivity index (χ3v) is 3.68. The van der Waals surface area contributed by atoms with Crippen molar-refractivity contribution in [1.82, 2.24) is 10.6 Å². The molecule has 2 aliphatic rings. The Balaban J connectivity index is 0.00000161. The molecule has 1 unspecified atom stereocenters. The molecule has 21 heavy (non-hydrogen) atoms. The van der Waals surface area contributed by atoms with E-state index in [4.69, 9.17) is 0 Å². The van der Waals surface area contributed by atoms with Gasteiger partial charge >= 0.3 is 0 Å². The van der Waals surface area contributed by atoms with Crippen molar-refractivity contribution >= 4 is 29.9 Å². The van der Waals surface area contributed by atoms with Gasteiger partial charge in [0.1, 0.15) is 0 Å². The van der Waals surface area contributed by atoms with Gasteiger partial charge in [0.05, 0.1) is 6.04 Å². The Kier molecular flexibility index (Phi) is 5.20. The minimum Gasteiger partial charge on any atom is -0.349 e. The molecule has 5 nitrogen and oxygen atoms in total. The lowest BCUT2D eigenvalue weighted by atomic mass is 10.1. The molecule has 1 aromatic rings. The van der Waals surface area contributed by atoms with Crippen LogP contribution in [0.25, 0.3) is 0 Å². The summed E-state index contributed by atoms with van der Waals surface area (Å²) in [5.74, 6) is -0.0927. The first kappa shape index (κ1) is 15.8. The first-order chi connectivity index (χ1) is 9.72. The first-order valence-electron chi connectivity index (χ1n) is 7.17. The Morgan fingerprint density at radius 3 is 2.67 bits per heavy atom. The Hall–Kier alpha value is -1.59. The largest absolute Gasteiger partial charge is 0.349 e. The summed E-state index contributed by atoms with van der Waals surface area (Å²) in [6, 6.07) is 7.31. The van der Waals surface area contributed by atoms with Crippen molar-refractivity contribution in [3.05, 3.63) is 29.8 Å². The Morgan fingerprint density at radius 2 is 2.00 bits per heavy atom. The monoisotopic (exact) mass is 309 g/mol. The van der Waals surface area contributed by atoms with E-state index in [9.17, 15) is 9.59 Å². The molecule has 3 rings (SSSR count). The molecule has 2 amide bonds. The van der Waals surface area contributed by atoms with Crippen molar-refractivity contribution in [1.29, 1.82) is 0 Å². The van der Waals surface area contributed by atoms with Gasteiger partial charge in [0.2, 0.25) is 5.91 Å². The predicted octanol–water partition coefficient (Wildman–Crippen LogP) is 1.69. The average Bonchev–Trinajstić information content (AvgIpc) is 3.08. The van der Waals surface area contributed by atoms with Crippen LogP contribution in [-0.2, 0) is 4.79 Å². The second-order valence-electron chi connectivity index (χ2n) is 5.47. The molecule has 1 saturated carbocycles. The van der Waals surface area contributed by atoms with Crippen LogP contribution >= 0.6 is 12.4 Å². The number of benzene rings is 1. The van der Waals surface area contributed by atoms with Crippen LogP contribution in [0, 0.1) is 0 Å². The number of rotatable bonds is 4. The molecule has 0 aromatic heterocycles. The topological polar surface area (TPSA) is 70.2 Å². The standard InChI is InChI=1S/C15H19N3O2.ClH/c19-14(17-11-6-7-11)10-3-1-4-12(9-10)18-15(20)13-5-2-8-16-13;/h1,3-4,9,11,13,16H,2,5-8H2,(H,17,19)(H,18,20);1H. The molecule has 114 valence electrons. The van der Waals surface area contributed by atoms with Crippen LogP contribution in [0.2, 0.25) is 0 Å². The number of carbonyl (C=O) groups excluding carboxylic acids is 2. The normalized spacial score (nSPS) is 20.5. The Bertz CT molecular complexity index is 525. The van der Waals surface area contributed by atoms with E-state index >= 15 is 0 Å². The van der Waals surface area contributed by atoms with Crippen LogP contribution in [0.5, 0.6) is 0 Å². The molecular formula is C15H20ClN3O2. The minimum absolute atomic E-state index is 0. The van der Waals surface area contributed by atoms with Gasteiger partial charge < -0.3 is 16.0 Å². The van der Waals surface area contributed by atoms with Crippen molar-refractivity contribution < 1.29 is 9.59 Å². The van der Waals surface area contributed by atoms with Gasteiger partial charge in [-0.05, 0) is 50.4 Å². The van der Waals surface area contributed by atoms with Crippen molar-refractivity contribution in [2.75, 3.05) is 11.9 Å². The van der Waals surface area contributed by atoms with Gasteiger partial charge in [-0.2, -0.15) is 0 Å². The van der Waals surface area contributed by atoms with E-state index in [1.54, 1.807) is 24.3 Å². The first-order valence-corrected chi connectivity index (χ1v) is 7.17. The quantitative estimate of drug-likeness (QED) is 0.792. The third-order valence-electron chi connectivity index (χ3n) is 3.68. The highest BCUT2D eigenvalue weighted by Gasteiger charge is 2.24. The molecule has 0 bridgehead atoms. The maximum absolute atomic E-state index is 12.0. The lowest BCUT2D eigenvalue weighted by molar-refractivity contribution is -0.117. The number of carbonyl (C=O) groups is 2. The minimum atomic E-state index is -0.112. The lowest BCUT2D eigenvalue weighted by Gasteiger charge is -2.12. The van der Waals surface area contributed by atoms with E-state index < -0.39 is 0 Å². The number of hydrogen-bond donors (Lipinski definition) is 3. The maximum atomic E-state index is 12.0. The molecule has 0 radical (unpaired) electrons. The van der Waals surface area contributed by atoms with Crippen LogP contribution in [0.3, 0.4) is 0 Å². The summed E-state index contributed by atoms with van der Waals surface area (Å²) in [4.78, 5) is 24.0. The van der Waals surface area contributed by atoms with Crippen LogP contribution in [-0.4, -0.2) is 30.4 Å². The van der Waals surface area contributed by atoms with E-state index in [-0.39, 0.29) is 30.3 Å². The van der Waals surface area contributed by atoms with E-state index in [2.05, 4.69) is 16.0 Å². The van der Waals surface area contributed by atoms with Gasteiger partial charge in [-0.3, -0.25) is 9.59 Å². The SMILES string of the molecule is Cl.O=C(NC1CC1)c1cccc(NC(=O)C2CCCN2)c1. The van der Waals surface area contributed by atoms with Crippen molar-refractivity contribution in [2.24, 2.45) is 0 Å². The fourth-order valence-corrected chi connectivity index (χ4v) is 2.37. The smallest absolute Gasteiger partial charge is 0.251 e. The van der Waals surface area contributed by atoms with E-state index in [0.29, 0.717) is 17.3 Å². The zero-order valence-electron chi connectivity index (χ0n) is 11.7. The fraction of sp³-hybridized carbons (Fsp3) is 0.467. The van der Waals surface area contributed by atoms with Gasteiger partial charge in [0.15, 0.2) is 0 Å². The summed E-state index contributed by atoms with van der Waals surface area (Å²) in [5.41, 5.74) is 1.27. The van der Waals surface area contributed by atoms with E-state index in [0.717, 1.165) is 32.2 Å².